The first-order chi connectivity index (χ1) is 12.0. The summed E-state index contributed by atoms with van der Waals surface area (Å²) in [5.74, 6) is 0.995. The van der Waals surface area contributed by atoms with Crippen LogP contribution in [0.1, 0.15) is 37.1 Å². The molecule has 0 bridgehead atoms. The lowest BCUT2D eigenvalue weighted by Crippen LogP contribution is -2.31. The third kappa shape index (κ3) is 4.00. The summed E-state index contributed by atoms with van der Waals surface area (Å²) in [6.07, 6.45) is 4.99. The van der Waals surface area contributed by atoms with Crippen LogP contribution in [0.4, 0.5) is 0 Å². The summed E-state index contributed by atoms with van der Waals surface area (Å²) in [5, 5.41) is 4.20. The van der Waals surface area contributed by atoms with Crippen LogP contribution >= 0.6 is 0 Å². The van der Waals surface area contributed by atoms with Gasteiger partial charge in [-0.15, -0.1) is 0 Å². The molecule has 0 fully saturated rings. The van der Waals surface area contributed by atoms with Gasteiger partial charge in [0.05, 0.1) is 11.2 Å². The average Bonchev–Trinajstić information content (AvgIpc) is 3.29. The molecule has 0 saturated carbocycles. The highest BCUT2D eigenvalue weighted by molar-refractivity contribution is 7.89. The molecule has 1 N–H and O–H groups in total. The van der Waals surface area contributed by atoms with Gasteiger partial charge in [0.15, 0.2) is 0 Å². The molecule has 0 aliphatic rings. The van der Waals surface area contributed by atoms with Crippen molar-refractivity contribution in [2.24, 2.45) is 0 Å². The van der Waals surface area contributed by atoms with E-state index in [4.69, 9.17) is 4.42 Å². The molecule has 6 nitrogen and oxygen atoms in total. The van der Waals surface area contributed by atoms with Crippen molar-refractivity contribution in [2.75, 3.05) is 6.54 Å². The smallest absolute Gasteiger partial charge is 0.240 e. The van der Waals surface area contributed by atoms with Crippen LogP contribution in [0.15, 0.2) is 70.4 Å². The van der Waals surface area contributed by atoms with Crippen LogP contribution in [0, 0.1) is 0 Å². The summed E-state index contributed by atoms with van der Waals surface area (Å²) in [7, 11) is -3.61. The van der Waals surface area contributed by atoms with E-state index >= 15 is 0 Å². The van der Waals surface area contributed by atoms with Crippen LogP contribution in [-0.4, -0.2) is 24.7 Å². The monoisotopic (exact) mass is 359 g/mol. The second-order valence-electron chi connectivity index (χ2n) is 6.09. The third-order valence-electron chi connectivity index (χ3n) is 4.04. The van der Waals surface area contributed by atoms with Crippen LogP contribution < -0.4 is 4.72 Å². The molecule has 0 amide bonds. The highest BCUT2D eigenvalue weighted by atomic mass is 32.2. The maximum Gasteiger partial charge on any atom is 0.240 e. The fourth-order valence-electron chi connectivity index (χ4n) is 2.57. The van der Waals surface area contributed by atoms with Crippen molar-refractivity contribution in [3.05, 3.63) is 72.4 Å². The summed E-state index contributed by atoms with van der Waals surface area (Å²) < 4.78 is 34.9. The average molecular weight is 359 g/mol. The quantitative estimate of drug-likeness (QED) is 0.703. The lowest BCUT2D eigenvalue weighted by atomic mass is 10.0. The number of furan rings is 1. The number of nitrogens with zero attached hydrogens (tertiary/aromatic N) is 2. The van der Waals surface area contributed by atoms with Crippen LogP contribution in [0.5, 0.6) is 0 Å². The Morgan fingerprint density at radius 3 is 2.48 bits per heavy atom. The Kier molecular flexibility index (Phi) is 5.06. The van der Waals surface area contributed by atoms with E-state index in [1.807, 2.05) is 12.1 Å². The third-order valence-corrected chi connectivity index (χ3v) is 5.48. The first kappa shape index (κ1) is 17.4. The van der Waals surface area contributed by atoms with Crippen molar-refractivity contribution in [2.45, 2.75) is 30.7 Å². The molecule has 0 saturated heterocycles. The van der Waals surface area contributed by atoms with Crippen molar-refractivity contribution in [1.82, 2.24) is 14.5 Å². The number of hydrogen-bond donors (Lipinski definition) is 1. The van der Waals surface area contributed by atoms with Crippen molar-refractivity contribution in [3.8, 4) is 0 Å². The van der Waals surface area contributed by atoms with E-state index in [0.717, 1.165) is 5.56 Å². The number of benzene rings is 1. The van der Waals surface area contributed by atoms with E-state index in [2.05, 4.69) is 23.7 Å². The lowest BCUT2D eigenvalue weighted by Gasteiger charge is -2.16. The number of rotatable bonds is 7. The standard InChI is InChI=1S/C18H21N3O3S/c1-14(2)15-6-8-16(9-7-15)25(22,23)20-13-17(18-5-3-12-24-18)21-11-4-10-19-21/h3-12,14,17,20H,13H2,1-2H3. The molecule has 0 spiro atoms. The summed E-state index contributed by atoms with van der Waals surface area (Å²) >= 11 is 0. The van der Waals surface area contributed by atoms with Gasteiger partial charge in [-0.2, -0.15) is 5.10 Å². The van der Waals surface area contributed by atoms with Gasteiger partial charge in [0.25, 0.3) is 0 Å². The van der Waals surface area contributed by atoms with Crippen LogP contribution in [0.3, 0.4) is 0 Å². The number of sulfonamides is 1. The molecular weight excluding hydrogens is 338 g/mol. The van der Waals surface area contributed by atoms with Gasteiger partial charge >= 0.3 is 0 Å². The zero-order valence-electron chi connectivity index (χ0n) is 14.2. The maximum atomic E-state index is 12.6. The van der Waals surface area contributed by atoms with Gasteiger partial charge in [0.2, 0.25) is 10.0 Å². The summed E-state index contributed by atoms with van der Waals surface area (Å²) in [6, 6.07) is 12.0. The number of aromatic nitrogens is 2. The molecule has 1 aromatic carbocycles. The first-order valence-electron chi connectivity index (χ1n) is 8.09. The van der Waals surface area contributed by atoms with E-state index in [-0.39, 0.29) is 17.5 Å². The molecule has 0 aliphatic heterocycles. The molecular formula is C18H21N3O3S. The van der Waals surface area contributed by atoms with E-state index in [0.29, 0.717) is 11.7 Å². The Morgan fingerprint density at radius 1 is 1.16 bits per heavy atom. The Morgan fingerprint density at radius 2 is 1.92 bits per heavy atom. The Balaban J connectivity index is 1.78. The maximum absolute atomic E-state index is 12.6. The number of hydrogen-bond acceptors (Lipinski definition) is 4. The largest absolute Gasteiger partial charge is 0.467 e. The van der Waals surface area contributed by atoms with Gasteiger partial charge in [0, 0.05) is 18.9 Å². The molecule has 2 aromatic heterocycles. The summed E-state index contributed by atoms with van der Waals surface area (Å²) in [4.78, 5) is 0.246. The van der Waals surface area contributed by atoms with Crippen LogP contribution in [-0.2, 0) is 10.0 Å². The number of nitrogens with one attached hydrogen (secondary N) is 1. The van der Waals surface area contributed by atoms with Crippen molar-refractivity contribution < 1.29 is 12.8 Å². The van der Waals surface area contributed by atoms with Crippen molar-refractivity contribution >= 4 is 10.0 Å². The fourth-order valence-corrected chi connectivity index (χ4v) is 3.61. The zero-order valence-corrected chi connectivity index (χ0v) is 15.0. The van der Waals surface area contributed by atoms with Gasteiger partial charge < -0.3 is 4.42 Å². The van der Waals surface area contributed by atoms with E-state index < -0.39 is 10.0 Å². The normalized spacial score (nSPS) is 13.2. The summed E-state index contributed by atoms with van der Waals surface area (Å²) in [6.45, 7) is 4.28. The molecule has 0 radical (unpaired) electrons. The minimum Gasteiger partial charge on any atom is -0.467 e. The van der Waals surface area contributed by atoms with Crippen LogP contribution in [0.25, 0.3) is 0 Å². The molecule has 1 unspecified atom stereocenters. The highest BCUT2D eigenvalue weighted by Gasteiger charge is 2.21. The molecule has 3 aromatic rings. The molecule has 3 rings (SSSR count). The second kappa shape index (κ2) is 7.25. The van der Waals surface area contributed by atoms with Gasteiger partial charge in [-0.3, -0.25) is 4.68 Å². The van der Waals surface area contributed by atoms with E-state index in [9.17, 15) is 8.42 Å². The minimum atomic E-state index is -3.61. The van der Waals surface area contributed by atoms with Crippen molar-refractivity contribution in [3.63, 3.8) is 0 Å². The molecule has 2 heterocycles. The predicted molar refractivity (Wildman–Crippen MR) is 94.8 cm³/mol. The first-order valence-corrected chi connectivity index (χ1v) is 9.58. The molecule has 132 valence electrons. The van der Waals surface area contributed by atoms with Gasteiger partial charge in [0.1, 0.15) is 11.8 Å². The molecule has 25 heavy (non-hydrogen) atoms. The Bertz CT molecular complexity index is 849. The lowest BCUT2D eigenvalue weighted by molar-refractivity contribution is 0.402. The van der Waals surface area contributed by atoms with Crippen LogP contribution in [0.2, 0.25) is 0 Å². The van der Waals surface area contributed by atoms with Gasteiger partial charge in [-0.05, 0) is 41.8 Å². The van der Waals surface area contributed by atoms with Crippen molar-refractivity contribution in [1.29, 1.82) is 0 Å². The molecule has 0 aliphatic carbocycles. The molecule has 7 heteroatoms. The topological polar surface area (TPSA) is 77.1 Å². The predicted octanol–water partition coefficient (Wildman–Crippen LogP) is 3.17. The highest BCUT2D eigenvalue weighted by Crippen LogP contribution is 2.20. The SMILES string of the molecule is CC(C)c1ccc(S(=O)(=O)NCC(c2ccco2)n2cccn2)cc1. The van der Waals surface area contributed by atoms with E-state index in [1.165, 1.54) is 0 Å². The minimum absolute atomic E-state index is 0.142. The van der Waals surface area contributed by atoms with E-state index in [1.54, 1.807) is 53.7 Å². The zero-order chi connectivity index (χ0) is 17.9. The fraction of sp³-hybridized carbons (Fsp3) is 0.278. The molecule has 1 atom stereocenters. The van der Waals surface area contributed by atoms with Gasteiger partial charge in [-0.25, -0.2) is 13.1 Å². The Hall–Kier alpha value is -2.38. The second-order valence-corrected chi connectivity index (χ2v) is 7.86. The summed E-state index contributed by atoms with van der Waals surface area (Å²) in [5.41, 5.74) is 1.10. The Labute approximate surface area is 147 Å². The van der Waals surface area contributed by atoms with Gasteiger partial charge in [-0.1, -0.05) is 26.0 Å².